The zero-order chi connectivity index (χ0) is 13.4. The van der Waals surface area contributed by atoms with Crippen LogP contribution in [0.3, 0.4) is 0 Å². The van der Waals surface area contributed by atoms with Gasteiger partial charge in [-0.1, -0.05) is 13.3 Å². The van der Waals surface area contributed by atoms with Crippen molar-refractivity contribution in [3.63, 3.8) is 0 Å². The lowest BCUT2D eigenvalue weighted by Crippen LogP contribution is -2.42. The third kappa shape index (κ3) is 2.24. The smallest absolute Gasteiger partial charge is 0.260 e. The maximum atomic E-state index is 12.2. The van der Waals surface area contributed by atoms with E-state index in [1.54, 1.807) is 7.05 Å². The normalized spacial score (nSPS) is 18.6. The highest BCUT2D eigenvalue weighted by Crippen LogP contribution is 2.43. The van der Waals surface area contributed by atoms with E-state index in [9.17, 15) is 8.42 Å². The number of hydrogen-bond acceptors (Lipinski definition) is 4. The molecule has 1 saturated carbocycles. The number of hydrogen-bond donors (Lipinski definition) is 2. The summed E-state index contributed by atoms with van der Waals surface area (Å²) in [5.74, 6) is 0.0455. The molecule has 0 aromatic carbocycles. The maximum Gasteiger partial charge on any atom is 0.260 e. The Bertz CT molecular complexity index is 506. The molecule has 0 amide bonds. The van der Waals surface area contributed by atoms with Crippen molar-refractivity contribution in [1.29, 1.82) is 0 Å². The summed E-state index contributed by atoms with van der Waals surface area (Å²) in [6, 6.07) is 0. The molecule has 6 nitrogen and oxygen atoms in total. The first-order valence-electron chi connectivity index (χ1n) is 6.17. The van der Waals surface area contributed by atoms with Crippen molar-refractivity contribution in [2.24, 2.45) is 12.5 Å². The van der Waals surface area contributed by atoms with Crippen LogP contribution in [-0.2, 0) is 17.1 Å². The Morgan fingerprint density at radius 1 is 1.56 bits per heavy atom. The summed E-state index contributed by atoms with van der Waals surface area (Å²) in [5, 5.41) is 0.0491. The number of imidazole rings is 1. The lowest BCUT2D eigenvalue weighted by atomic mass is 9.67. The molecule has 0 radical (unpaired) electrons. The van der Waals surface area contributed by atoms with E-state index in [0.717, 1.165) is 19.3 Å². The van der Waals surface area contributed by atoms with Crippen LogP contribution < -0.4 is 10.5 Å². The molecule has 1 heterocycles. The number of nitrogen functional groups attached to an aromatic ring is 1. The quantitative estimate of drug-likeness (QED) is 0.832. The largest absolute Gasteiger partial charge is 0.381 e. The monoisotopic (exact) mass is 272 g/mol. The SMILES string of the molecule is CCC1(CNS(=O)(=O)c2c(N)ncn2C)CCC1. The number of anilines is 1. The maximum absolute atomic E-state index is 12.2. The van der Waals surface area contributed by atoms with E-state index in [1.165, 1.54) is 17.3 Å². The number of aryl methyl sites for hydroxylation is 1. The zero-order valence-corrected chi connectivity index (χ0v) is 11.6. The number of nitrogens with two attached hydrogens (primary N) is 1. The molecule has 1 aliphatic carbocycles. The first-order chi connectivity index (χ1) is 8.40. The van der Waals surface area contributed by atoms with E-state index in [4.69, 9.17) is 5.73 Å². The molecule has 0 saturated heterocycles. The molecular formula is C11H20N4O2S. The van der Waals surface area contributed by atoms with Gasteiger partial charge in [-0.3, -0.25) is 0 Å². The Kier molecular flexibility index (Phi) is 3.37. The predicted molar refractivity (Wildman–Crippen MR) is 69.4 cm³/mol. The van der Waals surface area contributed by atoms with Gasteiger partial charge in [0.25, 0.3) is 10.0 Å². The van der Waals surface area contributed by atoms with Gasteiger partial charge >= 0.3 is 0 Å². The van der Waals surface area contributed by atoms with E-state index in [-0.39, 0.29) is 16.3 Å². The molecular weight excluding hydrogens is 252 g/mol. The summed E-state index contributed by atoms with van der Waals surface area (Å²) in [7, 11) is -1.95. The fraction of sp³-hybridized carbons (Fsp3) is 0.727. The molecule has 1 aromatic rings. The summed E-state index contributed by atoms with van der Waals surface area (Å²) >= 11 is 0. The van der Waals surface area contributed by atoms with Gasteiger partial charge in [0.1, 0.15) is 0 Å². The summed E-state index contributed by atoms with van der Waals surface area (Å²) in [5.41, 5.74) is 5.73. The van der Waals surface area contributed by atoms with E-state index in [2.05, 4.69) is 16.6 Å². The number of nitrogens with one attached hydrogen (secondary N) is 1. The Balaban J connectivity index is 2.13. The predicted octanol–water partition coefficient (Wildman–Crippen LogP) is 0.861. The topological polar surface area (TPSA) is 90.0 Å². The van der Waals surface area contributed by atoms with Crippen LogP contribution in [-0.4, -0.2) is 24.5 Å². The summed E-state index contributed by atoms with van der Waals surface area (Å²) in [4.78, 5) is 3.80. The van der Waals surface area contributed by atoms with E-state index in [0.29, 0.717) is 6.54 Å². The van der Waals surface area contributed by atoms with E-state index >= 15 is 0 Å². The van der Waals surface area contributed by atoms with E-state index in [1.807, 2.05) is 0 Å². The van der Waals surface area contributed by atoms with Crippen LogP contribution in [0.1, 0.15) is 32.6 Å². The van der Waals surface area contributed by atoms with Crippen molar-refractivity contribution >= 4 is 15.8 Å². The van der Waals surface area contributed by atoms with Gasteiger partial charge in [-0.2, -0.15) is 0 Å². The molecule has 18 heavy (non-hydrogen) atoms. The Morgan fingerprint density at radius 3 is 2.61 bits per heavy atom. The van der Waals surface area contributed by atoms with Crippen molar-refractivity contribution in [1.82, 2.24) is 14.3 Å². The van der Waals surface area contributed by atoms with Crippen LogP contribution in [0.5, 0.6) is 0 Å². The molecule has 0 spiro atoms. The number of rotatable bonds is 5. The standard InChI is InChI=1S/C11H20N4O2S/c1-3-11(5-4-6-11)7-14-18(16,17)10-9(12)13-8-15(10)2/h8,14H,3-7,12H2,1-2H3. The Labute approximate surface area is 108 Å². The molecule has 1 aliphatic rings. The fourth-order valence-electron chi connectivity index (χ4n) is 2.41. The van der Waals surface area contributed by atoms with Gasteiger partial charge in [0, 0.05) is 13.6 Å². The van der Waals surface area contributed by atoms with Crippen LogP contribution in [0.4, 0.5) is 5.82 Å². The van der Waals surface area contributed by atoms with Gasteiger partial charge in [-0.25, -0.2) is 18.1 Å². The second-order valence-corrected chi connectivity index (χ2v) is 6.76. The van der Waals surface area contributed by atoms with Crippen molar-refractivity contribution in [3.05, 3.63) is 6.33 Å². The number of nitrogens with zero attached hydrogens (tertiary/aromatic N) is 2. The van der Waals surface area contributed by atoms with Crippen LogP contribution in [0.2, 0.25) is 0 Å². The highest BCUT2D eigenvalue weighted by atomic mass is 32.2. The van der Waals surface area contributed by atoms with Gasteiger partial charge in [-0.05, 0) is 24.7 Å². The van der Waals surface area contributed by atoms with Crippen LogP contribution in [0, 0.1) is 5.41 Å². The molecule has 102 valence electrons. The lowest BCUT2D eigenvalue weighted by molar-refractivity contribution is 0.133. The van der Waals surface area contributed by atoms with Gasteiger partial charge in [0.2, 0.25) is 0 Å². The highest BCUT2D eigenvalue weighted by Gasteiger charge is 2.36. The highest BCUT2D eigenvalue weighted by molar-refractivity contribution is 7.89. The first kappa shape index (κ1) is 13.4. The van der Waals surface area contributed by atoms with Gasteiger partial charge in [0.15, 0.2) is 10.8 Å². The van der Waals surface area contributed by atoms with Crippen molar-refractivity contribution in [2.75, 3.05) is 12.3 Å². The van der Waals surface area contributed by atoms with Gasteiger partial charge < -0.3 is 10.3 Å². The molecule has 2 rings (SSSR count). The van der Waals surface area contributed by atoms with Crippen molar-refractivity contribution in [3.8, 4) is 0 Å². The Morgan fingerprint density at radius 2 is 2.22 bits per heavy atom. The second-order valence-electron chi connectivity index (χ2n) is 5.08. The molecule has 0 aliphatic heterocycles. The summed E-state index contributed by atoms with van der Waals surface area (Å²) in [6.45, 7) is 2.59. The average molecular weight is 272 g/mol. The first-order valence-corrected chi connectivity index (χ1v) is 7.65. The summed E-state index contributed by atoms with van der Waals surface area (Å²) in [6.07, 6.45) is 5.77. The van der Waals surface area contributed by atoms with Crippen LogP contribution in [0.15, 0.2) is 11.4 Å². The molecule has 1 fully saturated rings. The van der Waals surface area contributed by atoms with Crippen molar-refractivity contribution in [2.45, 2.75) is 37.6 Å². The minimum Gasteiger partial charge on any atom is -0.381 e. The minimum absolute atomic E-state index is 0.0455. The minimum atomic E-state index is -3.57. The Hall–Kier alpha value is -1.08. The molecule has 0 bridgehead atoms. The number of aromatic nitrogens is 2. The van der Waals surface area contributed by atoms with Gasteiger partial charge in [-0.15, -0.1) is 0 Å². The number of sulfonamides is 1. The van der Waals surface area contributed by atoms with Gasteiger partial charge in [0.05, 0.1) is 6.33 Å². The van der Waals surface area contributed by atoms with Crippen LogP contribution in [0.25, 0.3) is 0 Å². The third-order valence-electron chi connectivity index (χ3n) is 3.97. The molecule has 3 N–H and O–H groups in total. The lowest BCUT2D eigenvalue weighted by Gasteiger charge is -2.41. The third-order valence-corrected chi connectivity index (χ3v) is 5.50. The van der Waals surface area contributed by atoms with Crippen molar-refractivity contribution < 1.29 is 8.42 Å². The molecule has 0 unspecified atom stereocenters. The fourth-order valence-corrected chi connectivity index (χ4v) is 3.80. The molecule has 0 atom stereocenters. The average Bonchev–Trinajstić information content (AvgIpc) is 2.58. The van der Waals surface area contributed by atoms with E-state index < -0.39 is 10.0 Å². The van der Waals surface area contributed by atoms with Crippen LogP contribution >= 0.6 is 0 Å². The molecule has 1 aromatic heterocycles. The zero-order valence-electron chi connectivity index (χ0n) is 10.8. The molecule has 7 heteroatoms. The summed E-state index contributed by atoms with van der Waals surface area (Å²) < 4.78 is 28.5. The second kappa shape index (κ2) is 4.55.